The van der Waals surface area contributed by atoms with Gasteiger partial charge in [0.2, 0.25) is 0 Å². The third-order valence-corrected chi connectivity index (χ3v) is 4.34. The summed E-state index contributed by atoms with van der Waals surface area (Å²) in [7, 11) is 2.13. The number of rotatable bonds is 5. The lowest BCUT2D eigenvalue weighted by Gasteiger charge is -2.32. The van der Waals surface area contributed by atoms with E-state index >= 15 is 0 Å². The number of hydrogen-bond acceptors (Lipinski definition) is 3. The van der Waals surface area contributed by atoms with Crippen molar-refractivity contribution in [2.24, 2.45) is 0 Å². The number of likely N-dealkylation sites (N-methyl/N-ethyl adjacent to an activating group) is 1. The van der Waals surface area contributed by atoms with Gasteiger partial charge >= 0.3 is 0 Å². The van der Waals surface area contributed by atoms with Gasteiger partial charge in [0.05, 0.1) is 0 Å². The molecule has 19 heavy (non-hydrogen) atoms. The van der Waals surface area contributed by atoms with Crippen molar-refractivity contribution < 1.29 is 8.78 Å². The number of nitrogens with zero attached hydrogens (tertiary/aromatic N) is 1. The van der Waals surface area contributed by atoms with Gasteiger partial charge in [-0.15, -0.1) is 0 Å². The molecule has 1 aromatic carbocycles. The highest BCUT2D eigenvalue weighted by atomic mass is 32.2. The lowest BCUT2D eigenvalue weighted by molar-refractivity contribution is 0.194. The van der Waals surface area contributed by atoms with Crippen molar-refractivity contribution in [2.45, 2.75) is 36.0 Å². The Morgan fingerprint density at radius 1 is 1.37 bits per heavy atom. The second-order valence-electron chi connectivity index (χ2n) is 4.89. The van der Waals surface area contributed by atoms with Gasteiger partial charge in [0.25, 0.3) is 5.76 Å². The number of nitrogens with one attached hydrogen (secondary N) is 1. The van der Waals surface area contributed by atoms with Crippen molar-refractivity contribution in [2.75, 3.05) is 25.5 Å². The molecule has 0 aromatic heterocycles. The van der Waals surface area contributed by atoms with Gasteiger partial charge in [0, 0.05) is 23.2 Å². The molecule has 1 aliphatic heterocycles. The summed E-state index contributed by atoms with van der Waals surface area (Å²) in [6.07, 6.45) is 3.68. The van der Waals surface area contributed by atoms with Gasteiger partial charge in [-0.1, -0.05) is 30.3 Å². The number of benzene rings is 1. The zero-order chi connectivity index (χ0) is 13.7. The normalized spacial score (nSPS) is 20.7. The predicted molar refractivity (Wildman–Crippen MR) is 77.1 cm³/mol. The molecule has 0 bridgehead atoms. The van der Waals surface area contributed by atoms with Crippen LogP contribution in [0.5, 0.6) is 0 Å². The van der Waals surface area contributed by atoms with Gasteiger partial charge in [-0.3, -0.25) is 0 Å². The van der Waals surface area contributed by atoms with E-state index in [1.54, 1.807) is 12.1 Å². The summed E-state index contributed by atoms with van der Waals surface area (Å²) in [4.78, 5) is 2.97. The summed E-state index contributed by atoms with van der Waals surface area (Å²) in [5, 5.41) is 3.32. The minimum atomic E-state index is -2.37. The topological polar surface area (TPSA) is 15.3 Å². The molecular formula is C14H20F2N2S. The first-order valence-electron chi connectivity index (χ1n) is 6.65. The van der Waals surface area contributed by atoms with Gasteiger partial charge in [-0.2, -0.15) is 8.78 Å². The Kier molecular flexibility index (Phi) is 5.45. The molecule has 1 fully saturated rings. The summed E-state index contributed by atoms with van der Waals surface area (Å²) in [6.45, 7) is 1.94. The van der Waals surface area contributed by atoms with E-state index in [1.165, 1.54) is 19.3 Å². The molecule has 5 heteroatoms. The van der Waals surface area contributed by atoms with Crippen LogP contribution in [0, 0.1) is 0 Å². The minimum Gasteiger partial charge on any atom is -0.383 e. The Morgan fingerprint density at radius 3 is 2.89 bits per heavy atom. The third kappa shape index (κ3) is 4.35. The summed E-state index contributed by atoms with van der Waals surface area (Å²) in [5.74, 6) is -2.37. The second-order valence-corrected chi connectivity index (χ2v) is 5.92. The first kappa shape index (κ1) is 14.6. The van der Waals surface area contributed by atoms with E-state index in [9.17, 15) is 8.78 Å². The van der Waals surface area contributed by atoms with Crippen molar-refractivity contribution in [1.82, 2.24) is 4.90 Å². The summed E-state index contributed by atoms with van der Waals surface area (Å²) >= 11 is 0.603. The van der Waals surface area contributed by atoms with Crippen LogP contribution in [0.1, 0.15) is 19.3 Å². The van der Waals surface area contributed by atoms with Crippen LogP contribution in [-0.2, 0) is 0 Å². The molecule has 2 rings (SSSR count). The average Bonchev–Trinajstić information content (AvgIpc) is 2.39. The van der Waals surface area contributed by atoms with Gasteiger partial charge in [-0.25, -0.2) is 0 Å². The lowest BCUT2D eigenvalue weighted by Crippen LogP contribution is -2.40. The zero-order valence-corrected chi connectivity index (χ0v) is 11.9. The van der Waals surface area contributed by atoms with Crippen molar-refractivity contribution in [3.05, 3.63) is 24.3 Å². The Labute approximate surface area is 117 Å². The average molecular weight is 286 g/mol. The summed E-state index contributed by atoms with van der Waals surface area (Å²) in [5.41, 5.74) is 0.812. The maximum atomic E-state index is 12.5. The SMILES string of the molecule is CN1CCCCC1CNc1ccccc1SC(F)F. The Morgan fingerprint density at radius 2 is 2.16 bits per heavy atom. The number of thioether (sulfide) groups is 1. The molecular weight excluding hydrogens is 266 g/mol. The zero-order valence-electron chi connectivity index (χ0n) is 11.1. The highest BCUT2D eigenvalue weighted by Crippen LogP contribution is 2.31. The molecule has 1 aromatic rings. The van der Waals surface area contributed by atoms with Gasteiger partial charge < -0.3 is 10.2 Å². The molecule has 1 aliphatic rings. The van der Waals surface area contributed by atoms with Crippen LogP contribution in [0.25, 0.3) is 0 Å². The minimum absolute atomic E-state index is 0.498. The monoisotopic (exact) mass is 286 g/mol. The number of piperidine rings is 1. The van der Waals surface area contributed by atoms with Gasteiger partial charge in [0.15, 0.2) is 0 Å². The van der Waals surface area contributed by atoms with E-state index < -0.39 is 5.76 Å². The molecule has 1 heterocycles. The molecule has 0 spiro atoms. The smallest absolute Gasteiger partial charge is 0.288 e. The number of para-hydroxylation sites is 1. The van der Waals surface area contributed by atoms with Crippen LogP contribution < -0.4 is 5.32 Å². The molecule has 1 N–H and O–H groups in total. The van der Waals surface area contributed by atoms with Crippen molar-refractivity contribution in [1.29, 1.82) is 0 Å². The van der Waals surface area contributed by atoms with Crippen molar-refractivity contribution in [3.63, 3.8) is 0 Å². The molecule has 2 nitrogen and oxygen atoms in total. The highest BCUT2D eigenvalue weighted by molar-refractivity contribution is 7.99. The van der Waals surface area contributed by atoms with Crippen LogP contribution in [0.2, 0.25) is 0 Å². The van der Waals surface area contributed by atoms with Crippen LogP contribution >= 0.6 is 11.8 Å². The van der Waals surface area contributed by atoms with Crippen LogP contribution in [0.4, 0.5) is 14.5 Å². The van der Waals surface area contributed by atoms with E-state index in [0.29, 0.717) is 22.7 Å². The fourth-order valence-electron chi connectivity index (χ4n) is 2.44. The standard InChI is InChI=1S/C14H20F2N2S/c1-18-9-5-4-6-11(18)10-17-12-7-2-3-8-13(12)19-14(15)16/h2-3,7-8,11,14,17H,4-6,9-10H2,1H3. The molecule has 1 saturated heterocycles. The third-order valence-electron chi connectivity index (χ3n) is 3.55. The Balaban J connectivity index is 1.94. The molecule has 1 unspecified atom stereocenters. The molecule has 106 valence electrons. The predicted octanol–water partition coefficient (Wildman–Crippen LogP) is 3.90. The number of anilines is 1. The first-order valence-corrected chi connectivity index (χ1v) is 7.52. The van der Waals surface area contributed by atoms with Gasteiger partial charge in [0.1, 0.15) is 0 Å². The fraction of sp³-hybridized carbons (Fsp3) is 0.571. The fourth-order valence-corrected chi connectivity index (χ4v) is 3.06. The molecule has 0 saturated carbocycles. The molecule has 0 amide bonds. The van der Waals surface area contributed by atoms with E-state index in [0.717, 1.165) is 18.8 Å². The maximum Gasteiger partial charge on any atom is 0.288 e. The van der Waals surface area contributed by atoms with Crippen LogP contribution in [0.3, 0.4) is 0 Å². The largest absolute Gasteiger partial charge is 0.383 e. The number of halogens is 2. The maximum absolute atomic E-state index is 12.5. The molecule has 1 atom stereocenters. The summed E-state index contributed by atoms with van der Waals surface area (Å²) in [6, 6.07) is 7.78. The Bertz CT molecular complexity index is 401. The van der Waals surface area contributed by atoms with Crippen molar-refractivity contribution >= 4 is 17.4 Å². The van der Waals surface area contributed by atoms with Crippen LogP contribution in [-0.4, -0.2) is 36.8 Å². The molecule has 0 aliphatic carbocycles. The number of alkyl halides is 2. The number of likely N-dealkylation sites (tertiary alicyclic amines) is 1. The second kappa shape index (κ2) is 7.10. The van der Waals surface area contributed by atoms with E-state index in [-0.39, 0.29) is 0 Å². The van der Waals surface area contributed by atoms with E-state index in [1.807, 2.05) is 12.1 Å². The van der Waals surface area contributed by atoms with Gasteiger partial charge in [-0.05, 0) is 38.6 Å². The van der Waals surface area contributed by atoms with E-state index in [4.69, 9.17) is 0 Å². The van der Waals surface area contributed by atoms with Crippen LogP contribution in [0.15, 0.2) is 29.2 Å². The molecule has 0 radical (unpaired) electrons. The number of hydrogen-bond donors (Lipinski definition) is 1. The summed E-state index contributed by atoms with van der Waals surface area (Å²) < 4.78 is 25.0. The van der Waals surface area contributed by atoms with Crippen molar-refractivity contribution in [3.8, 4) is 0 Å². The Hall–Kier alpha value is -0.810. The lowest BCUT2D eigenvalue weighted by atomic mass is 10.0. The first-order chi connectivity index (χ1) is 9.16. The van der Waals surface area contributed by atoms with E-state index in [2.05, 4.69) is 17.3 Å². The highest BCUT2D eigenvalue weighted by Gasteiger charge is 2.19. The quantitative estimate of drug-likeness (QED) is 0.827.